The number of hydrogen-bond donors (Lipinski definition) is 2. The molecule has 0 saturated heterocycles. The van der Waals surface area contributed by atoms with Crippen LogP contribution in [0.3, 0.4) is 0 Å². The zero-order valence-corrected chi connectivity index (χ0v) is 16.2. The van der Waals surface area contributed by atoms with Crippen molar-refractivity contribution in [1.82, 2.24) is 14.9 Å². The second kappa shape index (κ2) is 8.08. The van der Waals surface area contributed by atoms with Crippen LogP contribution in [0.2, 0.25) is 0 Å². The Labute approximate surface area is 161 Å². The van der Waals surface area contributed by atoms with Gasteiger partial charge in [-0.25, -0.2) is 9.98 Å². The quantitative estimate of drug-likeness (QED) is 0.536. The largest absolute Gasteiger partial charge is 0.370 e. The van der Waals surface area contributed by atoms with Gasteiger partial charge >= 0.3 is 0 Å². The molecule has 3 N–H and O–H groups in total. The van der Waals surface area contributed by atoms with E-state index in [1.54, 1.807) is 6.20 Å². The van der Waals surface area contributed by atoms with Gasteiger partial charge in [0, 0.05) is 24.5 Å². The Kier molecular flexibility index (Phi) is 5.60. The first-order valence-corrected chi connectivity index (χ1v) is 9.12. The van der Waals surface area contributed by atoms with Crippen molar-refractivity contribution in [2.24, 2.45) is 10.7 Å². The van der Waals surface area contributed by atoms with Crippen molar-refractivity contribution in [3.05, 3.63) is 78.4 Å². The summed E-state index contributed by atoms with van der Waals surface area (Å²) in [5.74, 6) is 0.466. The summed E-state index contributed by atoms with van der Waals surface area (Å²) in [5, 5.41) is 3.20. The van der Waals surface area contributed by atoms with Crippen molar-refractivity contribution in [2.45, 2.75) is 39.4 Å². The van der Waals surface area contributed by atoms with Gasteiger partial charge in [-0.05, 0) is 43.0 Å². The van der Waals surface area contributed by atoms with Crippen LogP contribution in [0.25, 0.3) is 11.1 Å². The van der Waals surface area contributed by atoms with Crippen LogP contribution in [-0.2, 0) is 13.1 Å². The zero-order chi connectivity index (χ0) is 19.3. The number of nitrogens with two attached hydrogens (primary N) is 1. The van der Waals surface area contributed by atoms with Gasteiger partial charge in [0.05, 0.1) is 12.9 Å². The predicted molar refractivity (Wildman–Crippen MR) is 111 cm³/mol. The van der Waals surface area contributed by atoms with E-state index in [1.165, 1.54) is 16.7 Å². The van der Waals surface area contributed by atoms with Gasteiger partial charge in [-0.1, -0.05) is 48.5 Å². The number of nitrogens with zero attached hydrogens (tertiary/aromatic N) is 3. The highest BCUT2D eigenvalue weighted by atomic mass is 15.1. The number of imidazole rings is 1. The minimum atomic E-state index is -0.0990. The predicted octanol–water partition coefficient (Wildman–Crippen LogP) is 3.80. The van der Waals surface area contributed by atoms with E-state index < -0.39 is 0 Å². The molecule has 140 valence electrons. The number of nitrogens with one attached hydrogen (secondary N) is 1. The molecule has 5 heteroatoms. The zero-order valence-electron chi connectivity index (χ0n) is 16.2. The van der Waals surface area contributed by atoms with Gasteiger partial charge in [0.1, 0.15) is 0 Å². The first-order valence-electron chi connectivity index (χ1n) is 9.12. The fourth-order valence-corrected chi connectivity index (χ4v) is 2.91. The van der Waals surface area contributed by atoms with Crippen LogP contribution in [0.4, 0.5) is 0 Å². The second-order valence-electron chi connectivity index (χ2n) is 7.67. The molecule has 0 spiro atoms. The summed E-state index contributed by atoms with van der Waals surface area (Å²) in [6.45, 7) is 7.56. The topological polar surface area (TPSA) is 68.2 Å². The highest BCUT2D eigenvalue weighted by Gasteiger charge is 2.10. The molecule has 5 nitrogen and oxygen atoms in total. The number of rotatable bonds is 5. The van der Waals surface area contributed by atoms with E-state index in [0.29, 0.717) is 12.5 Å². The maximum absolute atomic E-state index is 6.01. The van der Waals surface area contributed by atoms with E-state index in [2.05, 4.69) is 83.1 Å². The number of aromatic nitrogens is 2. The minimum absolute atomic E-state index is 0.0990. The van der Waals surface area contributed by atoms with Crippen molar-refractivity contribution in [3.63, 3.8) is 0 Å². The van der Waals surface area contributed by atoms with E-state index in [0.717, 1.165) is 12.1 Å². The number of benzene rings is 2. The molecule has 0 aliphatic carbocycles. The molecule has 1 aromatic heterocycles. The molecule has 3 aromatic rings. The summed E-state index contributed by atoms with van der Waals surface area (Å²) in [7, 11) is 0. The fraction of sp³-hybridized carbons (Fsp3) is 0.273. The van der Waals surface area contributed by atoms with E-state index in [-0.39, 0.29) is 5.54 Å². The van der Waals surface area contributed by atoms with E-state index >= 15 is 0 Å². The highest BCUT2D eigenvalue weighted by molar-refractivity contribution is 5.78. The normalized spacial score (nSPS) is 12.2. The molecule has 0 aliphatic heterocycles. The third kappa shape index (κ3) is 5.45. The van der Waals surface area contributed by atoms with Gasteiger partial charge in [0.15, 0.2) is 5.96 Å². The van der Waals surface area contributed by atoms with Crippen LogP contribution < -0.4 is 11.1 Å². The molecule has 0 aliphatic rings. The molecule has 1 heterocycles. The molecular formula is C22H27N5. The maximum Gasteiger partial charge on any atom is 0.189 e. The van der Waals surface area contributed by atoms with Crippen LogP contribution in [0.15, 0.2) is 72.2 Å². The summed E-state index contributed by atoms with van der Waals surface area (Å²) < 4.78 is 2.06. The van der Waals surface area contributed by atoms with Gasteiger partial charge < -0.3 is 15.6 Å². The molecule has 27 heavy (non-hydrogen) atoms. The number of hydrogen-bond acceptors (Lipinski definition) is 2. The molecule has 0 radical (unpaired) electrons. The first kappa shape index (κ1) is 18.7. The maximum atomic E-state index is 6.01. The van der Waals surface area contributed by atoms with Gasteiger partial charge in [-0.2, -0.15) is 0 Å². The van der Waals surface area contributed by atoms with Gasteiger partial charge in [-0.15, -0.1) is 0 Å². The SMILES string of the molecule is CC(C)(C)NC(N)=NCc1ccccc1-c1ccc(Cn2ccnc2)cc1. The molecule has 0 atom stereocenters. The summed E-state index contributed by atoms with van der Waals surface area (Å²) in [5.41, 5.74) is 10.7. The molecule has 0 saturated carbocycles. The molecule has 0 bridgehead atoms. The van der Waals surface area contributed by atoms with Crippen molar-refractivity contribution < 1.29 is 0 Å². The summed E-state index contributed by atoms with van der Waals surface area (Å²) in [6, 6.07) is 17.0. The Morgan fingerprint density at radius 1 is 1.11 bits per heavy atom. The smallest absolute Gasteiger partial charge is 0.189 e. The van der Waals surface area contributed by atoms with Crippen LogP contribution in [0.1, 0.15) is 31.9 Å². The monoisotopic (exact) mass is 361 g/mol. The molecule has 0 amide bonds. The summed E-state index contributed by atoms with van der Waals surface area (Å²) in [6.07, 6.45) is 5.60. The molecule has 2 aromatic carbocycles. The molecule has 0 fully saturated rings. The summed E-state index contributed by atoms with van der Waals surface area (Å²) in [4.78, 5) is 8.59. The van der Waals surface area contributed by atoms with Gasteiger partial charge in [-0.3, -0.25) is 0 Å². The Bertz CT molecular complexity index is 887. The van der Waals surface area contributed by atoms with Crippen molar-refractivity contribution in [1.29, 1.82) is 0 Å². The molecule has 0 unspecified atom stereocenters. The average Bonchev–Trinajstić information content (AvgIpc) is 3.13. The Morgan fingerprint density at radius 2 is 1.85 bits per heavy atom. The van der Waals surface area contributed by atoms with Gasteiger partial charge in [0.25, 0.3) is 0 Å². The fourth-order valence-electron chi connectivity index (χ4n) is 2.91. The molecular weight excluding hydrogens is 334 g/mol. The Hall–Kier alpha value is -3.08. The lowest BCUT2D eigenvalue weighted by Crippen LogP contribution is -2.44. The minimum Gasteiger partial charge on any atom is -0.370 e. The summed E-state index contributed by atoms with van der Waals surface area (Å²) >= 11 is 0. The first-order chi connectivity index (χ1) is 12.9. The lowest BCUT2D eigenvalue weighted by molar-refractivity contribution is 0.508. The molecule has 3 rings (SSSR count). The van der Waals surface area contributed by atoms with Crippen LogP contribution in [-0.4, -0.2) is 21.0 Å². The van der Waals surface area contributed by atoms with E-state index in [4.69, 9.17) is 5.73 Å². The van der Waals surface area contributed by atoms with Gasteiger partial charge in [0.2, 0.25) is 0 Å². The van der Waals surface area contributed by atoms with E-state index in [1.807, 2.05) is 18.6 Å². The Morgan fingerprint density at radius 3 is 2.52 bits per heavy atom. The lowest BCUT2D eigenvalue weighted by atomic mass is 9.98. The third-order valence-electron chi connectivity index (χ3n) is 4.13. The van der Waals surface area contributed by atoms with E-state index in [9.17, 15) is 0 Å². The van der Waals surface area contributed by atoms with Crippen molar-refractivity contribution in [3.8, 4) is 11.1 Å². The van der Waals surface area contributed by atoms with Crippen LogP contribution in [0.5, 0.6) is 0 Å². The number of guanidine groups is 1. The van der Waals surface area contributed by atoms with Crippen LogP contribution in [0, 0.1) is 0 Å². The standard InChI is InChI=1S/C22H27N5/c1-22(2,3)26-21(23)25-14-19-6-4-5-7-20(19)18-10-8-17(9-11-18)15-27-13-12-24-16-27/h4-13,16H,14-15H2,1-3H3,(H3,23,25,26). The Balaban J connectivity index is 1.76. The van der Waals surface area contributed by atoms with Crippen molar-refractivity contribution in [2.75, 3.05) is 0 Å². The average molecular weight is 361 g/mol. The van der Waals surface area contributed by atoms with Crippen molar-refractivity contribution >= 4 is 5.96 Å². The second-order valence-corrected chi connectivity index (χ2v) is 7.67. The van der Waals surface area contributed by atoms with Crippen LogP contribution >= 0.6 is 0 Å². The third-order valence-corrected chi connectivity index (χ3v) is 4.13. The highest BCUT2D eigenvalue weighted by Crippen LogP contribution is 2.25. The lowest BCUT2D eigenvalue weighted by Gasteiger charge is -2.21. The number of aliphatic imine (C=N–C) groups is 1.